The minimum absolute atomic E-state index is 0.158. The highest BCUT2D eigenvalue weighted by Gasteiger charge is 2.20. The van der Waals surface area contributed by atoms with E-state index in [1.165, 1.54) is 6.08 Å². The molecule has 0 aromatic heterocycles. The number of aldehydes is 1. The average molecular weight is 314 g/mol. The molecule has 0 atom stereocenters. The molecule has 2 amide bonds. The number of nitrogens with one attached hydrogen (secondary N) is 1. The lowest BCUT2D eigenvalue weighted by molar-refractivity contribution is -0.139. The van der Waals surface area contributed by atoms with Crippen molar-refractivity contribution in [1.82, 2.24) is 10.4 Å². The van der Waals surface area contributed by atoms with Crippen molar-refractivity contribution in [3.63, 3.8) is 0 Å². The zero-order chi connectivity index (χ0) is 16.5. The fraction of sp³-hybridized carbons (Fsp3) is 0.389. The predicted octanol–water partition coefficient (Wildman–Crippen LogP) is 2.34. The summed E-state index contributed by atoms with van der Waals surface area (Å²) in [7, 11) is 0. The molecule has 1 N–H and O–H groups in total. The Labute approximate surface area is 136 Å². The summed E-state index contributed by atoms with van der Waals surface area (Å²) in [4.78, 5) is 34.9. The Morgan fingerprint density at radius 1 is 1.17 bits per heavy atom. The van der Waals surface area contributed by atoms with Gasteiger partial charge in [0, 0.05) is 12.5 Å². The highest BCUT2D eigenvalue weighted by Crippen LogP contribution is 2.27. The fourth-order valence-corrected chi connectivity index (χ4v) is 2.76. The molecule has 0 radical (unpaired) electrons. The molecule has 1 saturated carbocycles. The van der Waals surface area contributed by atoms with Gasteiger partial charge in [0.25, 0.3) is 5.91 Å². The van der Waals surface area contributed by atoms with Gasteiger partial charge >= 0.3 is 0 Å². The maximum absolute atomic E-state index is 12.1. The van der Waals surface area contributed by atoms with E-state index in [0.29, 0.717) is 18.6 Å². The van der Waals surface area contributed by atoms with Gasteiger partial charge in [-0.1, -0.05) is 43.2 Å². The number of carbonyl (C=O) groups excluding carboxylic acids is 3. The molecule has 1 aromatic carbocycles. The number of hydrogen-bond acceptors (Lipinski definition) is 3. The Morgan fingerprint density at radius 3 is 2.52 bits per heavy atom. The molecule has 1 fully saturated rings. The minimum atomic E-state index is -0.416. The SMILES string of the molecule is O=CCN(NC(=O)CC1CCCC1)C(=O)C=Cc1ccccc1. The summed E-state index contributed by atoms with van der Waals surface area (Å²) in [6, 6.07) is 9.37. The van der Waals surface area contributed by atoms with Crippen molar-refractivity contribution < 1.29 is 14.4 Å². The molecule has 5 heteroatoms. The Balaban J connectivity index is 1.90. The number of hydrogen-bond donors (Lipinski definition) is 1. The van der Waals surface area contributed by atoms with E-state index in [4.69, 9.17) is 0 Å². The maximum Gasteiger partial charge on any atom is 0.265 e. The number of nitrogens with zero attached hydrogens (tertiary/aromatic N) is 1. The zero-order valence-corrected chi connectivity index (χ0v) is 13.1. The topological polar surface area (TPSA) is 66.5 Å². The van der Waals surface area contributed by atoms with Crippen LogP contribution in [0.3, 0.4) is 0 Å². The first-order valence-electron chi connectivity index (χ1n) is 7.97. The van der Waals surface area contributed by atoms with Gasteiger partial charge in [-0.3, -0.25) is 15.0 Å². The first kappa shape index (κ1) is 16.9. The van der Waals surface area contributed by atoms with Crippen LogP contribution in [0.25, 0.3) is 6.08 Å². The molecule has 1 aliphatic carbocycles. The van der Waals surface area contributed by atoms with Crippen molar-refractivity contribution in [3.05, 3.63) is 42.0 Å². The number of rotatable bonds is 6. The third kappa shape index (κ3) is 5.70. The number of carbonyl (C=O) groups is 3. The van der Waals surface area contributed by atoms with E-state index in [1.807, 2.05) is 30.3 Å². The molecule has 2 rings (SSSR count). The van der Waals surface area contributed by atoms with Crippen LogP contribution in [0.1, 0.15) is 37.7 Å². The van der Waals surface area contributed by atoms with E-state index in [2.05, 4.69) is 5.43 Å². The van der Waals surface area contributed by atoms with Crippen molar-refractivity contribution >= 4 is 24.2 Å². The summed E-state index contributed by atoms with van der Waals surface area (Å²) < 4.78 is 0. The third-order valence-electron chi connectivity index (χ3n) is 3.95. The van der Waals surface area contributed by atoms with Crippen LogP contribution in [0, 0.1) is 5.92 Å². The highest BCUT2D eigenvalue weighted by atomic mass is 16.2. The third-order valence-corrected chi connectivity index (χ3v) is 3.95. The molecule has 0 saturated heterocycles. The zero-order valence-electron chi connectivity index (χ0n) is 13.1. The standard InChI is InChI=1S/C18H22N2O3/c21-13-12-20(19-17(22)14-16-8-4-5-9-16)18(23)11-10-15-6-2-1-3-7-15/h1-3,6-7,10-11,13,16H,4-5,8-9,12,14H2,(H,19,22). The second kappa shape index (κ2) is 8.88. The molecule has 0 bridgehead atoms. The smallest absolute Gasteiger partial charge is 0.265 e. The predicted molar refractivity (Wildman–Crippen MR) is 88.0 cm³/mol. The molecule has 0 aliphatic heterocycles. The highest BCUT2D eigenvalue weighted by molar-refractivity contribution is 5.94. The van der Waals surface area contributed by atoms with E-state index < -0.39 is 5.91 Å². The van der Waals surface area contributed by atoms with Gasteiger partial charge in [-0.25, -0.2) is 5.01 Å². The van der Waals surface area contributed by atoms with E-state index in [1.54, 1.807) is 6.08 Å². The summed E-state index contributed by atoms with van der Waals surface area (Å²) in [6.07, 6.45) is 8.46. The minimum Gasteiger partial charge on any atom is -0.301 e. The number of benzene rings is 1. The molecule has 1 aliphatic rings. The molecular formula is C18H22N2O3. The van der Waals surface area contributed by atoms with Crippen LogP contribution >= 0.6 is 0 Å². The molecule has 23 heavy (non-hydrogen) atoms. The van der Waals surface area contributed by atoms with Crippen LogP contribution in [0.5, 0.6) is 0 Å². The number of hydrazine groups is 1. The number of amides is 2. The lowest BCUT2D eigenvalue weighted by Crippen LogP contribution is -2.46. The van der Waals surface area contributed by atoms with Gasteiger partial charge in [-0.2, -0.15) is 0 Å². The summed E-state index contributed by atoms with van der Waals surface area (Å²) in [5.74, 6) is -0.232. The Morgan fingerprint density at radius 2 is 1.87 bits per heavy atom. The molecular weight excluding hydrogens is 292 g/mol. The first-order chi connectivity index (χ1) is 11.2. The van der Waals surface area contributed by atoms with E-state index in [0.717, 1.165) is 36.3 Å². The lowest BCUT2D eigenvalue weighted by Gasteiger charge is -2.20. The monoisotopic (exact) mass is 314 g/mol. The largest absolute Gasteiger partial charge is 0.301 e. The van der Waals surface area contributed by atoms with Crippen LogP contribution in [0.15, 0.2) is 36.4 Å². The molecule has 122 valence electrons. The maximum atomic E-state index is 12.1. The summed E-state index contributed by atoms with van der Waals surface area (Å²) in [5.41, 5.74) is 3.42. The first-order valence-corrected chi connectivity index (χ1v) is 7.97. The van der Waals surface area contributed by atoms with Crippen LogP contribution in [-0.4, -0.2) is 29.7 Å². The second-order valence-corrected chi connectivity index (χ2v) is 5.75. The lowest BCUT2D eigenvalue weighted by atomic mass is 10.0. The molecule has 0 unspecified atom stereocenters. The Bertz CT molecular complexity index is 563. The van der Waals surface area contributed by atoms with Crippen molar-refractivity contribution in [2.75, 3.05) is 6.54 Å². The van der Waals surface area contributed by atoms with Crippen LogP contribution < -0.4 is 5.43 Å². The van der Waals surface area contributed by atoms with Crippen molar-refractivity contribution in [2.45, 2.75) is 32.1 Å². The van der Waals surface area contributed by atoms with Crippen LogP contribution in [-0.2, 0) is 14.4 Å². The van der Waals surface area contributed by atoms with Gasteiger partial charge in [-0.05, 0) is 30.4 Å². The van der Waals surface area contributed by atoms with E-state index >= 15 is 0 Å². The van der Waals surface area contributed by atoms with Crippen LogP contribution in [0.2, 0.25) is 0 Å². The fourth-order valence-electron chi connectivity index (χ4n) is 2.76. The van der Waals surface area contributed by atoms with Gasteiger partial charge in [-0.15, -0.1) is 0 Å². The second-order valence-electron chi connectivity index (χ2n) is 5.75. The molecule has 5 nitrogen and oxygen atoms in total. The van der Waals surface area contributed by atoms with Crippen molar-refractivity contribution in [2.24, 2.45) is 5.92 Å². The normalized spacial score (nSPS) is 14.8. The van der Waals surface area contributed by atoms with E-state index in [9.17, 15) is 14.4 Å². The van der Waals surface area contributed by atoms with Gasteiger partial charge in [0.2, 0.25) is 5.91 Å². The average Bonchev–Trinajstić information content (AvgIpc) is 3.06. The molecule has 0 heterocycles. The van der Waals surface area contributed by atoms with Crippen molar-refractivity contribution in [1.29, 1.82) is 0 Å². The Kier molecular flexibility index (Phi) is 6.54. The summed E-state index contributed by atoms with van der Waals surface area (Å²) in [6.45, 7) is -0.158. The van der Waals surface area contributed by atoms with Gasteiger partial charge < -0.3 is 4.79 Å². The molecule has 1 aromatic rings. The van der Waals surface area contributed by atoms with Gasteiger partial charge in [0.05, 0.1) is 6.54 Å². The molecule has 0 spiro atoms. The Hall–Kier alpha value is -2.43. The van der Waals surface area contributed by atoms with Crippen LogP contribution in [0.4, 0.5) is 0 Å². The summed E-state index contributed by atoms with van der Waals surface area (Å²) in [5, 5.41) is 1.06. The van der Waals surface area contributed by atoms with E-state index in [-0.39, 0.29) is 12.5 Å². The van der Waals surface area contributed by atoms with Gasteiger partial charge in [0.1, 0.15) is 6.29 Å². The van der Waals surface area contributed by atoms with Crippen molar-refractivity contribution in [3.8, 4) is 0 Å². The summed E-state index contributed by atoms with van der Waals surface area (Å²) >= 11 is 0. The van der Waals surface area contributed by atoms with Gasteiger partial charge in [0.15, 0.2) is 0 Å². The quantitative estimate of drug-likeness (QED) is 0.498.